The molecule has 23 heavy (non-hydrogen) atoms. The summed E-state index contributed by atoms with van der Waals surface area (Å²) in [6.07, 6.45) is 3.18. The normalized spacial score (nSPS) is 10.1. The topological polar surface area (TPSA) is 68.3 Å². The third-order valence-electron chi connectivity index (χ3n) is 3.29. The molecule has 5 nitrogen and oxygen atoms in total. The minimum absolute atomic E-state index is 0.280. The fourth-order valence-electron chi connectivity index (χ4n) is 2.02. The second-order valence-electron chi connectivity index (χ2n) is 5.20. The van der Waals surface area contributed by atoms with Crippen molar-refractivity contribution in [3.05, 3.63) is 65.5 Å². The molecule has 0 spiro atoms. The summed E-state index contributed by atoms with van der Waals surface area (Å²) in [5.41, 5.74) is 2.39. The van der Waals surface area contributed by atoms with Gasteiger partial charge >= 0.3 is 5.97 Å². The number of rotatable bonds is 7. The second kappa shape index (κ2) is 8.68. The molecule has 0 atom stereocenters. The molecule has 1 heterocycles. The van der Waals surface area contributed by atoms with Crippen molar-refractivity contribution in [1.29, 1.82) is 0 Å². The lowest BCUT2D eigenvalue weighted by Gasteiger charge is -2.07. The van der Waals surface area contributed by atoms with E-state index >= 15 is 0 Å². The maximum absolute atomic E-state index is 11.7. The van der Waals surface area contributed by atoms with Crippen LogP contribution in [0.2, 0.25) is 0 Å². The Morgan fingerprint density at radius 3 is 2.61 bits per heavy atom. The quantitative estimate of drug-likeness (QED) is 0.629. The van der Waals surface area contributed by atoms with Crippen LogP contribution in [0.15, 0.2) is 48.7 Å². The first-order valence-electron chi connectivity index (χ1n) is 7.55. The van der Waals surface area contributed by atoms with Crippen molar-refractivity contribution in [3.63, 3.8) is 0 Å². The zero-order valence-corrected chi connectivity index (χ0v) is 13.1. The van der Waals surface area contributed by atoms with E-state index in [1.165, 1.54) is 11.8 Å². The largest absolute Gasteiger partial charge is 0.452 e. The van der Waals surface area contributed by atoms with Crippen molar-refractivity contribution < 1.29 is 14.3 Å². The van der Waals surface area contributed by atoms with E-state index in [0.29, 0.717) is 12.1 Å². The molecule has 0 aliphatic carbocycles. The number of aryl methyl sites for hydroxylation is 2. The Morgan fingerprint density at radius 1 is 1.13 bits per heavy atom. The predicted octanol–water partition coefficient (Wildman–Crippen LogP) is 2.30. The van der Waals surface area contributed by atoms with Gasteiger partial charge < -0.3 is 10.1 Å². The second-order valence-corrected chi connectivity index (χ2v) is 5.20. The van der Waals surface area contributed by atoms with Gasteiger partial charge in [-0.1, -0.05) is 30.3 Å². The van der Waals surface area contributed by atoms with Crippen molar-refractivity contribution in [2.45, 2.75) is 19.8 Å². The van der Waals surface area contributed by atoms with E-state index in [9.17, 15) is 9.59 Å². The van der Waals surface area contributed by atoms with Crippen LogP contribution in [0.4, 0.5) is 0 Å². The van der Waals surface area contributed by atoms with Crippen LogP contribution in [0.5, 0.6) is 0 Å². The Balaban J connectivity index is 1.63. The standard InChI is InChI=1S/C18H20N2O3/c1-14-9-10-16(12-20-14)18(22)23-13-17(21)19-11-5-8-15-6-3-2-4-7-15/h2-4,6-7,9-10,12H,5,8,11,13H2,1H3,(H,19,21). The highest BCUT2D eigenvalue weighted by molar-refractivity contribution is 5.90. The SMILES string of the molecule is Cc1ccc(C(=O)OCC(=O)NCCCc2ccccc2)cn1. The lowest BCUT2D eigenvalue weighted by Crippen LogP contribution is -2.29. The molecular formula is C18H20N2O3. The Morgan fingerprint density at radius 2 is 1.91 bits per heavy atom. The zero-order chi connectivity index (χ0) is 16.5. The smallest absolute Gasteiger partial charge is 0.340 e. The number of carbonyl (C=O) groups is 2. The van der Waals surface area contributed by atoms with Crippen LogP contribution in [0.1, 0.15) is 28.0 Å². The van der Waals surface area contributed by atoms with Crippen molar-refractivity contribution in [2.75, 3.05) is 13.2 Å². The number of nitrogens with zero attached hydrogens (tertiary/aromatic N) is 1. The molecule has 5 heteroatoms. The number of aromatic nitrogens is 1. The summed E-state index contributed by atoms with van der Waals surface area (Å²) in [5.74, 6) is -0.844. The Bertz CT molecular complexity index is 639. The molecular weight excluding hydrogens is 292 g/mol. The van der Waals surface area contributed by atoms with Gasteiger partial charge in [0.05, 0.1) is 5.56 Å². The van der Waals surface area contributed by atoms with Crippen LogP contribution < -0.4 is 5.32 Å². The molecule has 1 N–H and O–H groups in total. The van der Waals surface area contributed by atoms with E-state index in [-0.39, 0.29) is 12.5 Å². The predicted molar refractivity (Wildman–Crippen MR) is 87.0 cm³/mol. The molecule has 2 aromatic rings. The molecule has 1 aromatic heterocycles. The molecule has 1 amide bonds. The van der Waals surface area contributed by atoms with Gasteiger partial charge in [0, 0.05) is 18.4 Å². The van der Waals surface area contributed by atoms with Crippen LogP contribution >= 0.6 is 0 Å². The van der Waals surface area contributed by atoms with Crippen molar-refractivity contribution in [2.24, 2.45) is 0 Å². The van der Waals surface area contributed by atoms with Gasteiger partial charge in [-0.3, -0.25) is 9.78 Å². The highest BCUT2D eigenvalue weighted by Gasteiger charge is 2.10. The molecule has 0 radical (unpaired) electrons. The van der Waals surface area contributed by atoms with Gasteiger partial charge in [-0.05, 0) is 37.5 Å². The number of hydrogen-bond acceptors (Lipinski definition) is 4. The van der Waals surface area contributed by atoms with Crippen molar-refractivity contribution in [1.82, 2.24) is 10.3 Å². The van der Waals surface area contributed by atoms with Gasteiger partial charge in [0.15, 0.2) is 6.61 Å². The molecule has 0 aliphatic rings. The zero-order valence-electron chi connectivity index (χ0n) is 13.1. The minimum Gasteiger partial charge on any atom is -0.452 e. The van der Waals surface area contributed by atoms with Gasteiger partial charge in [-0.2, -0.15) is 0 Å². The first-order valence-corrected chi connectivity index (χ1v) is 7.55. The highest BCUT2D eigenvalue weighted by atomic mass is 16.5. The van der Waals surface area contributed by atoms with Crippen LogP contribution in [-0.4, -0.2) is 30.0 Å². The van der Waals surface area contributed by atoms with Crippen molar-refractivity contribution in [3.8, 4) is 0 Å². The Hall–Kier alpha value is -2.69. The molecule has 0 saturated heterocycles. The maximum Gasteiger partial charge on any atom is 0.340 e. The maximum atomic E-state index is 11.7. The fourth-order valence-corrected chi connectivity index (χ4v) is 2.02. The van der Waals surface area contributed by atoms with Gasteiger partial charge in [-0.25, -0.2) is 4.79 Å². The molecule has 0 unspecified atom stereocenters. The molecule has 0 fully saturated rings. The Labute approximate surface area is 135 Å². The molecule has 120 valence electrons. The number of hydrogen-bond donors (Lipinski definition) is 1. The number of carbonyl (C=O) groups excluding carboxylic acids is 2. The average Bonchev–Trinajstić information content (AvgIpc) is 2.58. The Kier molecular flexibility index (Phi) is 6.29. The number of esters is 1. The third-order valence-corrected chi connectivity index (χ3v) is 3.29. The molecule has 0 saturated carbocycles. The summed E-state index contributed by atoms with van der Waals surface area (Å²) in [7, 11) is 0. The molecule has 1 aromatic carbocycles. The monoisotopic (exact) mass is 312 g/mol. The molecule has 0 bridgehead atoms. The van der Waals surface area contributed by atoms with E-state index in [1.807, 2.05) is 25.1 Å². The van der Waals surface area contributed by atoms with Crippen LogP contribution in [-0.2, 0) is 16.0 Å². The van der Waals surface area contributed by atoms with Gasteiger partial charge in [0.1, 0.15) is 0 Å². The van der Waals surface area contributed by atoms with Crippen molar-refractivity contribution >= 4 is 11.9 Å². The minimum atomic E-state index is -0.545. The van der Waals surface area contributed by atoms with Crippen LogP contribution in [0, 0.1) is 6.92 Å². The van der Waals surface area contributed by atoms with Gasteiger partial charge in [0.2, 0.25) is 0 Å². The van der Waals surface area contributed by atoms with E-state index in [2.05, 4.69) is 22.4 Å². The summed E-state index contributed by atoms with van der Waals surface area (Å²) in [6.45, 7) is 2.10. The fraction of sp³-hybridized carbons (Fsp3) is 0.278. The lowest BCUT2D eigenvalue weighted by atomic mass is 10.1. The lowest BCUT2D eigenvalue weighted by molar-refractivity contribution is -0.124. The number of pyridine rings is 1. The molecule has 0 aliphatic heterocycles. The van der Waals surface area contributed by atoms with Gasteiger partial charge in [0.25, 0.3) is 5.91 Å². The van der Waals surface area contributed by atoms with E-state index in [4.69, 9.17) is 4.74 Å². The summed E-state index contributed by atoms with van der Waals surface area (Å²) < 4.78 is 4.95. The first-order chi connectivity index (χ1) is 11.1. The number of ether oxygens (including phenoxy) is 1. The van der Waals surface area contributed by atoms with E-state index in [1.54, 1.807) is 12.1 Å². The summed E-state index contributed by atoms with van der Waals surface area (Å²) in [6, 6.07) is 13.4. The summed E-state index contributed by atoms with van der Waals surface area (Å²) in [4.78, 5) is 27.4. The van der Waals surface area contributed by atoms with Crippen LogP contribution in [0.3, 0.4) is 0 Å². The third kappa shape index (κ3) is 5.90. The number of benzene rings is 1. The highest BCUT2D eigenvalue weighted by Crippen LogP contribution is 2.02. The first kappa shape index (κ1) is 16.7. The average molecular weight is 312 g/mol. The summed E-state index contributed by atoms with van der Waals surface area (Å²) >= 11 is 0. The van der Waals surface area contributed by atoms with Crippen LogP contribution in [0.25, 0.3) is 0 Å². The summed E-state index contributed by atoms with van der Waals surface area (Å²) in [5, 5.41) is 2.74. The molecule has 2 rings (SSSR count). The van der Waals surface area contributed by atoms with E-state index in [0.717, 1.165) is 18.5 Å². The number of amides is 1. The van der Waals surface area contributed by atoms with Gasteiger partial charge in [-0.15, -0.1) is 0 Å². The number of nitrogens with one attached hydrogen (secondary N) is 1. The van der Waals surface area contributed by atoms with E-state index < -0.39 is 5.97 Å².